The van der Waals surface area contributed by atoms with Crippen LogP contribution in [0.3, 0.4) is 0 Å². The Bertz CT molecular complexity index is 1340. The number of aromatic amines is 1. The van der Waals surface area contributed by atoms with Gasteiger partial charge in [-0.15, -0.1) is 0 Å². The summed E-state index contributed by atoms with van der Waals surface area (Å²) in [5.74, 6) is -6.14. The van der Waals surface area contributed by atoms with E-state index < -0.39 is 72.5 Å². The molecule has 4 unspecified atom stereocenters. The van der Waals surface area contributed by atoms with Crippen molar-refractivity contribution in [1.82, 2.24) is 20.9 Å². The predicted molar refractivity (Wildman–Crippen MR) is 151 cm³/mol. The molecule has 17 heteroatoms. The summed E-state index contributed by atoms with van der Waals surface area (Å²) < 4.78 is 0. The third kappa shape index (κ3) is 10.4. The Hall–Kier alpha value is -5.19. The number of nitrogens with one attached hydrogen (secondary N) is 4. The molecule has 0 saturated heterocycles. The quantitative estimate of drug-likeness (QED) is 0.0491. The maximum Gasteiger partial charge on any atom is 0.326 e. The van der Waals surface area contributed by atoms with E-state index in [-0.39, 0.29) is 31.8 Å². The van der Waals surface area contributed by atoms with Crippen molar-refractivity contribution in [2.75, 3.05) is 6.54 Å². The van der Waals surface area contributed by atoms with Crippen molar-refractivity contribution in [1.29, 1.82) is 0 Å². The highest BCUT2D eigenvalue weighted by molar-refractivity contribution is 5.97. The predicted octanol–water partition coefficient (Wildman–Crippen LogP) is -3.62. The number of carboxylic acids is 1. The summed E-state index contributed by atoms with van der Waals surface area (Å²) in [6.45, 7) is 0.0864. The van der Waals surface area contributed by atoms with Crippen LogP contribution >= 0.6 is 0 Å². The average molecular weight is 589 g/mol. The Labute approximate surface area is 240 Å². The maximum atomic E-state index is 13.3. The fourth-order valence-corrected chi connectivity index (χ4v) is 4.04. The lowest BCUT2D eigenvalue weighted by Gasteiger charge is -2.24. The van der Waals surface area contributed by atoms with Gasteiger partial charge >= 0.3 is 5.97 Å². The molecule has 0 spiro atoms. The molecule has 2 aromatic rings. The first-order chi connectivity index (χ1) is 19.8. The molecular weight excluding hydrogens is 552 g/mol. The van der Waals surface area contributed by atoms with E-state index in [1.165, 1.54) is 0 Å². The zero-order valence-corrected chi connectivity index (χ0v) is 22.7. The van der Waals surface area contributed by atoms with Gasteiger partial charge in [-0.2, -0.15) is 0 Å². The number of hydrogen-bond donors (Lipinski definition) is 10. The summed E-state index contributed by atoms with van der Waals surface area (Å²) in [7, 11) is 0. The first-order valence-corrected chi connectivity index (χ1v) is 12.8. The lowest BCUT2D eigenvalue weighted by atomic mass is 10.0. The van der Waals surface area contributed by atoms with Crippen LogP contribution in [-0.2, 0) is 35.2 Å². The molecule has 0 bridgehead atoms. The molecule has 42 heavy (non-hydrogen) atoms. The minimum Gasteiger partial charge on any atom is -0.480 e. The number of aliphatic carboxylic acids is 1. The Morgan fingerprint density at radius 1 is 0.833 bits per heavy atom. The van der Waals surface area contributed by atoms with Gasteiger partial charge in [0.1, 0.15) is 18.1 Å². The van der Waals surface area contributed by atoms with Gasteiger partial charge in [0.2, 0.25) is 29.5 Å². The summed E-state index contributed by atoms with van der Waals surface area (Å²) in [4.78, 5) is 80.4. The van der Waals surface area contributed by atoms with Crippen LogP contribution in [0.15, 0.2) is 35.5 Å². The smallest absolute Gasteiger partial charge is 0.326 e. The molecule has 5 amide bonds. The maximum absolute atomic E-state index is 13.3. The van der Waals surface area contributed by atoms with Crippen LogP contribution in [0.4, 0.5) is 0 Å². The van der Waals surface area contributed by atoms with Crippen LogP contribution < -0.4 is 44.6 Å². The molecular formula is C25H36N10O7. The third-order valence-electron chi connectivity index (χ3n) is 6.09. The number of aromatic nitrogens is 1. The van der Waals surface area contributed by atoms with Crippen LogP contribution in [0, 0.1) is 0 Å². The summed E-state index contributed by atoms with van der Waals surface area (Å²) >= 11 is 0. The van der Waals surface area contributed by atoms with Crippen molar-refractivity contribution in [3.05, 3.63) is 36.0 Å². The number of carbonyl (C=O) groups is 6. The second-order valence-corrected chi connectivity index (χ2v) is 9.48. The van der Waals surface area contributed by atoms with E-state index in [0.29, 0.717) is 5.56 Å². The SMILES string of the molecule is NC(=O)CC(N)C(=O)NC(CC(N)=O)C(=O)NC(CCCN=C(N)N)C(=O)NC(Cc1c[nH]c2ccccc12)C(=O)O. The van der Waals surface area contributed by atoms with Crippen LogP contribution in [-0.4, -0.2) is 82.3 Å². The summed E-state index contributed by atoms with van der Waals surface area (Å²) in [6.07, 6.45) is 0.513. The fourth-order valence-electron chi connectivity index (χ4n) is 4.04. The monoisotopic (exact) mass is 588 g/mol. The van der Waals surface area contributed by atoms with E-state index in [2.05, 4.69) is 25.9 Å². The average Bonchev–Trinajstić information content (AvgIpc) is 3.31. The number of benzene rings is 1. The molecule has 0 aliphatic carbocycles. The molecule has 4 atom stereocenters. The normalized spacial score (nSPS) is 13.6. The molecule has 15 N–H and O–H groups in total. The number of guanidine groups is 1. The Kier molecular flexibility index (Phi) is 12.2. The van der Waals surface area contributed by atoms with Crippen LogP contribution in [0.5, 0.6) is 0 Å². The van der Waals surface area contributed by atoms with Crippen molar-refractivity contribution < 1.29 is 33.9 Å². The first kappa shape index (κ1) is 33.0. The summed E-state index contributed by atoms with van der Waals surface area (Å²) in [5.41, 5.74) is 28.0. The second-order valence-electron chi connectivity index (χ2n) is 9.48. The van der Waals surface area contributed by atoms with Gasteiger partial charge in [-0.1, -0.05) is 18.2 Å². The molecule has 1 aromatic carbocycles. The van der Waals surface area contributed by atoms with Gasteiger partial charge in [-0.3, -0.25) is 29.0 Å². The van der Waals surface area contributed by atoms with Crippen LogP contribution in [0.1, 0.15) is 31.2 Å². The minimum atomic E-state index is -1.57. The minimum absolute atomic E-state index is 0.0494. The number of rotatable bonds is 17. The lowest BCUT2D eigenvalue weighted by molar-refractivity contribution is -0.142. The largest absolute Gasteiger partial charge is 0.480 e. The molecule has 0 aliphatic heterocycles. The van der Waals surface area contributed by atoms with E-state index in [4.69, 9.17) is 28.7 Å². The lowest BCUT2D eigenvalue weighted by Crippen LogP contribution is -2.58. The van der Waals surface area contributed by atoms with E-state index in [9.17, 15) is 33.9 Å². The van der Waals surface area contributed by atoms with Gasteiger partial charge in [-0.25, -0.2) is 4.79 Å². The molecule has 0 radical (unpaired) electrons. The summed E-state index contributed by atoms with van der Waals surface area (Å²) in [6, 6.07) is 1.54. The van der Waals surface area contributed by atoms with Gasteiger partial charge in [0.15, 0.2) is 5.96 Å². The van der Waals surface area contributed by atoms with Crippen LogP contribution in [0.25, 0.3) is 10.9 Å². The zero-order valence-electron chi connectivity index (χ0n) is 22.7. The van der Waals surface area contributed by atoms with E-state index >= 15 is 0 Å². The van der Waals surface area contributed by atoms with Crippen molar-refractivity contribution in [2.24, 2.45) is 33.7 Å². The molecule has 0 saturated carbocycles. The van der Waals surface area contributed by atoms with Crippen molar-refractivity contribution in [3.63, 3.8) is 0 Å². The van der Waals surface area contributed by atoms with E-state index in [1.54, 1.807) is 18.3 Å². The number of carboxylic acid groups (broad SMARTS) is 1. The molecule has 0 aliphatic rings. The number of fused-ring (bicyclic) bond motifs is 1. The van der Waals surface area contributed by atoms with E-state index in [1.807, 2.05) is 12.1 Å². The molecule has 2 rings (SSSR count). The zero-order chi connectivity index (χ0) is 31.4. The second kappa shape index (κ2) is 15.6. The van der Waals surface area contributed by atoms with Gasteiger partial charge in [0.25, 0.3) is 0 Å². The van der Waals surface area contributed by atoms with Crippen LogP contribution in [0.2, 0.25) is 0 Å². The topological polar surface area (TPSA) is 317 Å². The van der Waals surface area contributed by atoms with Gasteiger partial charge < -0.3 is 54.7 Å². The molecule has 1 aromatic heterocycles. The van der Waals surface area contributed by atoms with Gasteiger partial charge in [0.05, 0.1) is 18.9 Å². The Morgan fingerprint density at radius 3 is 2.05 bits per heavy atom. The third-order valence-corrected chi connectivity index (χ3v) is 6.09. The molecule has 0 fully saturated rings. The number of nitrogens with zero attached hydrogens (tertiary/aromatic N) is 1. The number of hydrogen-bond acceptors (Lipinski definition) is 8. The summed E-state index contributed by atoms with van der Waals surface area (Å²) in [5, 5.41) is 17.7. The molecule has 228 valence electrons. The van der Waals surface area contributed by atoms with Gasteiger partial charge in [0, 0.05) is 30.1 Å². The Morgan fingerprint density at radius 2 is 1.43 bits per heavy atom. The highest BCUT2D eigenvalue weighted by Gasteiger charge is 2.31. The molecule has 1 heterocycles. The number of amides is 5. The van der Waals surface area contributed by atoms with Crippen molar-refractivity contribution in [2.45, 2.75) is 56.3 Å². The fraction of sp³-hybridized carbons (Fsp3) is 0.400. The number of para-hydroxylation sites is 1. The number of primary amides is 2. The van der Waals surface area contributed by atoms with Crippen molar-refractivity contribution in [3.8, 4) is 0 Å². The number of carbonyl (C=O) groups excluding carboxylic acids is 5. The van der Waals surface area contributed by atoms with E-state index in [0.717, 1.165) is 10.9 Å². The van der Waals surface area contributed by atoms with Crippen molar-refractivity contribution >= 4 is 52.4 Å². The first-order valence-electron chi connectivity index (χ1n) is 12.8. The van der Waals surface area contributed by atoms with Gasteiger partial charge in [-0.05, 0) is 24.5 Å². The number of aliphatic imine (C=N–C) groups is 1. The highest BCUT2D eigenvalue weighted by Crippen LogP contribution is 2.19. The Balaban J connectivity index is 2.23. The number of H-pyrrole nitrogens is 1. The number of nitrogens with two attached hydrogens (primary N) is 5. The highest BCUT2D eigenvalue weighted by atomic mass is 16.4. The standard InChI is InChI=1S/C25H36N10O7/c26-14(9-19(27)36)21(38)34-17(10-20(28)37)23(40)33-16(6-3-7-31-25(29)30)22(39)35-18(24(41)42)8-12-11-32-15-5-2-1-4-13(12)15/h1-2,4-5,11,14,16-18,32H,3,6-10,26H2,(H2,27,36)(H2,28,37)(H,33,40)(H,34,38)(H,35,39)(H,41,42)(H4,29,30,31). The molecule has 17 nitrogen and oxygen atoms in total.